The van der Waals surface area contributed by atoms with Gasteiger partial charge in [-0.2, -0.15) is 0 Å². The van der Waals surface area contributed by atoms with Crippen LogP contribution in [-0.4, -0.2) is 37.2 Å². The van der Waals surface area contributed by atoms with Crippen LogP contribution in [0.4, 0.5) is 0 Å². The zero-order valence-corrected chi connectivity index (χ0v) is 54.2. The molecule has 83 heavy (non-hydrogen) atoms. The molecular weight excluding hydrogens is 1020 g/mol. The molecule has 0 aliphatic carbocycles. The van der Waals surface area contributed by atoms with Crippen LogP contribution < -0.4 is 0 Å². The molecule has 0 saturated heterocycles. The van der Waals surface area contributed by atoms with Gasteiger partial charge in [-0.3, -0.25) is 14.4 Å². The Labute approximate surface area is 513 Å². The molecule has 0 aliphatic heterocycles. The number of unbranched alkanes of at least 4 members (excludes halogenated alkanes) is 29. The molecule has 1 unspecified atom stereocenters. The van der Waals surface area contributed by atoms with E-state index in [0.29, 0.717) is 19.3 Å². The second-order valence-corrected chi connectivity index (χ2v) is 22.7. The van der Waals surface area contributed by atoms with Crippen molar-refractivity contribution in [2.24, 2.45) is 0 Å². The van der Waals surface area contributed by atoms with Crippen molar-refractivity contribution in [3.63, 3.8) is 0 Å². The van der Waals surface area contributed by atoms with Gasteiger partial charge in [0, 0.05) is 19.3 Å². The Morgan fingerprint density at radius 3 is 0.735 bits per heavy atom. The van der Waals surface area contributed by atoms with Crippen LogP contribution in [0.25, 0.3) is 0 Å². The Morgan fingerprint density at radius 2 is 0.470 bits per heavy atom. The molecule has 0 amide bonds. The van der Waals surface area contributed by atoms with Crippen LogP contribution in [0.2, 0.25) is 0 Å². The summed E-state index contributed by atoms with van der Waals surface area (Å²) in [4.78, 5) is 38.4. The van der Waals surface area contributed by atoms with E-state index in [1.165, 1.54) is 128 Å². The van der Waals surface area contributed by atoms with Crippen molar-refractivity contribution in [1.82, 2.24) is 0 Å². The number of rotatable bonds is 62. The third kappa shape index (κ3) is 68.2. The molecule has 0 N–H and O–H groups in total. The maximum Gasteiger partial charge on any atom is 0.306 e. The van der Waals surface area contributed by atoms with Gasteiger partial charge in [-0.15, -0.1) is 0 Å². The normalized spacial score (nSPS) is 13.0. The Hall–Kier alpha value is -4.45. The van der Waals surface area contributed by atoms with Crippen LogP contribution in [0, 0.1) is 0 Å². The quantitative estimate of drug-likeness (QED) is 0.0261. The lowest BCUT2D eigenvalue weighted by atomic mass is 10.0. The lowest BCUT2D eigenvalue weighted by molar-refractivity contribution is -0.167. The summed E-state index contributed by atoms with van der Waals surface area (Å²) in [6.45, 7) is 6.36. The zero-order valence-electron chi connectivity index (χ0n) is 54.2. The Balaban J connectivity index is 4.31. The molecule has 0 aliphatic rings. The largest absolute Gasteiger partial charge is 0.462 e. The number of carbonyl (C=O) groups excluding carboxylic acids is 3. The molecular formula is C77H128O6. The molecule has 0 rings (SSSR count). The van der Waals surface area contributed by atoms with Gasteiger partial charge in [0.25, 0.3) is 0 Å². The molecule has 6 nitrogen and oxygen atoms in total. The first-order valence-electron chi connectivity index (χ1n) is 34.7. The van der Waals surface area contributed by atoms with Crippen molar-refractivity contribution in [3.05, 3.63) is 134 Å². The van der Waals surface area contributed by atoms with Crippen LogP contribution in [0.3, 0.4) is 0 Å². The van der Waals surface area contributed by atoms with Gasteiger partial charge in [0.2, 0.25) is 0 Å². The van der Waals surface area contributed by atoms with Gasteiger partial charge in [-0.1, -0.05) is 302 Å². The molecule has 0 aromatic rings. The van der Waals surface area contributed by atoms with E-state index in [2.05, 4.69) is 154 Å². The minimum absolute atomic E-state index is 0.0866. The molecule has 0 aromatic heterocycles. The van der Waals surface area contributed by atoms with Gasteiger partial charge in [0.1, 0.15) is 13.2 Å². The molecule has 1 atom stereocenters. The first kappa shape index (κ1) is 78.5. The van der Waals surface area contributed by atoms with E-state index >= 15 is 0 Å². The van der Waals surface area contributed by atoms with Crippen LogP contribution in [0.1, 0.15) is 316 Å². The van der Waals surface area contributed by atoms with Gasteiger partial charge in [-0.05, 0) is 128 Å². The number of carbonyl (C=O) groups is 3. The first-order chi connectivity index (χ1) is 41.0. The standard InChI is InChI=1S/C77H128O6/c1-4-7-10-13-16-19-22-25-27-29-31-33-35-37-38-40-41-43-45-47-49-52-55-58-61-64-67-70-76(79)82-73-74(72-81-75(78)69-66-63-60-57-54-51-24-21-18-15-12-9-6-3)83-77(80)71-68-65-62-59-56-53-50-48-46-44-42-39-36-34-32-30-28-26-23-20-17-14-11-8-5-2/h7-8,10-12,15-17,19-21,24-28,31-34,37-38,74H,4-6,9,13-14,18,22-23,29-30,35-36,39-73H2,1-3H3/b10-7-,11-8-,15-12-,19-16-,20-17-,24-21-,27-25-,28-26-,33-31-,34-32-,38-37-. The third-order valence-electron chi connectivity index (χ3n) is 14.6. The monoisotopic (exact) mass is 1150 g/mol. The van der Waals surface area contributed by atoms with Gasteiger partial charge >= 0.3 is 17.9 Å². The average Bonchev–Trinajstić information content (AvgIpc) is 3.49. The van der Waals surface area contributed by atoms with Crippen LogP contribution in [-0.2, 0) is 28.6 Å². The Morgan fingerprint density at radius 1 is 0.253 bits per heavy atom. The number of ether oxygens (including phenoxy) is 3. The number of hydrogen-bond donors (Lipinski definition) is 0. The molecule has 0 aromatic carbocycles. The number of esters is 3. The van der Waals surface area contributed by atoms with Gasteiger partial charge < -0.3 is 14.2 Å². The van der Waals surface area contributed by atoms with E-state index in [9.17, 15) is 14.4 Å². The SMILES string of the molecule is CC/C=C\C/C=C\C/C=C\C/C=C\C/C=C\CCCCCCCCCCCCCC(=O)OCC(COC(=O)CCCCCCC/C=C\C/C=C\CCC)OC(=O)CCCCCCCCCCCCCC/C=C\C/C=C\C/C=C\C/C=C\CC. The van der Waals surface area contributed by atoms with Crippen molar-refractivity contribution in [1.29, 1.82) is 0 Å². The summed E-state index contributed by atoms with van der Waals surface area (Å²) in [7, 11) is 0. The lowest BCUT2D eigenvalue weighted by Gasteiger charge is -2.18. The van der Waals surface area contributed by atoms with Crippen molar-refractivity contribution < 1.29 is 28.6 Å². The number of allylic oxidation sites excluding steroid dienone is 22. The predicted molar refractivity (Wildman–Crippen MR) is 362 cm³/mol. The lowest BCUT2D eigenvalue weighted by Crippen LogP contribution is -2.30. The fourth-order valence-corrected chi connectivity index (χ4v) is 9.50. The predicted octanol–water partition coefficient (Wildman–Crippen LogP) is 24.1. The summed E-state index contributed by atoms with van der Waals surface area (Å²) in [5, 5.41) is 0. The summed E-state index contributed by atoms with van der Waals surface area (Å²) in [5.41, 5.74) is 0. The van der Waals surface area contributed by atoms with Crippen molar-refractivity contribution in [2.75, 3.05) is 13.2 Å². The average molecular weight is 1150 g/mol. The first-order valence-corrected chi connectivity index (χ1v) is 34.7. The molecule has 0 heterocycles. The summed E-state index contributed by atoms with van der Waals surface area (Å²) in [6.07, 6.45) is 99.0. The van der Waals surface area contributed by atoms with E-state index in [0.717, 1.165) is 148 Å². The highest BCUT2D eigenvalue weighted by atomic mass is 16.6. The summed E-state index contributed by atoms with van der Waals surface area (Å²) >= 11 is 0. The maximum atomic E-state index is 13.0. The molecule has 6 heteroatoms. The van der Waals surface area contributed by atoms with E-state index in [4.69, 9.17) is 14.2 Å². The molecule has 0 bridgehead atoms. The molecule has 0 radical (unpaired) electrons. The Bertz CT molecular complexity index is 1750. The van der Waals surface area contributed by atoms with Crippen LogP contribution in [0.15, 0.2) is 134 Å². The summed E-state index contributed by atoms with van der Waals surface area (Å²) in [6, 6.07) is 0. The topological polar surface area (TPSA) is 78.9 Å². The molecule has 0 fully saturated rings. The smallest absolute Gasteiger partial charge is 0.306 e. The third-order valence-corrected chi connectivity index (χ3v) is 14.6. The highest BCUT2D eigenvalue weighted by molar-refractivity contribution is 5.71. The van der Waals surface area contributed by atoms with Crippen molar-refractivity contribution >= 4 is 17.9 Å². The van der Waals surface area contributed by atoms with Gasteiger partial charge in [-0.25, -0.2) is 0 Å². The molecule has 472 valence electrons. The Kier molecular flexibility index (Phi) is 66.3. The van der Waals surface area contributed by atoms with Gasteiger partial charge in [0.15, 0.2) is 6.10 Å². The fraction of sp³-hybridized carbons (Fsp3) is 0.675. The van der Waals surface area contributed by atoms with E-state index in [-0.39, 0.29) is 31.1 Å². The second-order valence-electron chi connectivity index (χ2n) is 22.7. The van der Waals surface area contributed by atoms with E-state index < -0.39 is 6.10 Å². The molecule has 0 saturated carbocycles. The van der Waals surface area contributed by atoms with Crippen molar-refractivity contribution in [2.45, 2.75) is 322 Å². The zero-order chi connectivity index (χ0) is 59.9. The van der Waals surface area contributed by atoms with E-state index in [1.54, 1.807) is 0 Å². The fourth-order valence-electron chi connectivity index (χ4n) is 9.50. The summed E-state index contributed by atoms with van der Waals surface area (Å²) in [5.74, 6) is -0.898. The maximum absolute atomic E-state index is 13.0. The van der Waals surface area contributed by atoms with E-state index in [1.807, 2.05) is 0 Å². The highest BCUT2D eigenvalue weighted by Crippen LogP contribution is 2.17. The van der Waals surface area contributed by atoms with Crippen LogP contribution >= 0.6 is 0 Å². The minimum atomic E-state index is -0.792. The van der Waals surface area contributed by atoms with Gasteiger partial charge in [0.05, 0.1) is 0 Å². The number of hydrogen-bond acceptors (Lipinski definition) is 6. The highest BCUT2D eigenvalue weighted by Gasteiger charge is 2.19. The minimum Gasteiger partial charge on any atom is -0.462 e. The van der Waals surface area contributed by atoms with Crippen LogP contribution in [0.5, 0.6) is 0 Å². The van der Waals surface area contributed by atoms with Crippen molar-refractivity contribution in [3.8, 4) is 0 Å². The summed E-state index contributed by atoms with van der Waals surface area (Å²) < 4.78 is 17.0. The second kappa shape index (κ2) is 70.0. The molecule has 0 spiro atoms.